The SMILES string of the molecule is COC(=O)C1CCCCN1C(C)(C)C. The first-order valence-electron chi connectivity index (χ1n) is 5.31. The van der Waals surface area contributed by atoms with E-state index in [1.54, 1.807) is 0 Å². The Kier molecular flexibility index (Phi) is 3.53. The highest BCUT2D eigenvalue weighted by molar-refractivity contribution is 5.75. The van der Waals surface area contributed by atoms with Crippen molar-refractivity contribution in [2.24, 2.45) is 0 Å². The zero-order valence-corrected chi connectivity index (χ0v) is 9.67. The van der Waals surface area contributed by atoms with E-state index in [1.807, 2.05) is 0 Å². The van der Waals surface area contributed by atoms with Crippen molar-refractivity contribution < 1.29 is 9.53 Å². The number of nitrogens with zero attached hydrogens (tertiary/aromatic N) is 1. The van der Waals surface area contributed by atoms with Crippen molar-refractivity contribution in [2.75, 3.05) is 13.7 Å². The van der Waals surface area contributed by atoms with Crippen LogP contribution in [0.2, 0.25) is 0 Å². The Bertz CT molecular complexity index is 208. The summed E-state index contributed by atoms with van der Waals surface area (Å²) in [5.74, 6) is -0.0837. The molecule has 1 rings (SSSR count). The van der Waals surface area contributed by atoms with E-state index in [1.165, 1.54) is 13.5 Å². The number of ether oxygens (including phenoxy) is 1. The summed E-state index contributed by atoms with van der Waals surface area (Å²) >= 11 is 0. The molecule has 0 aromatic rings. The smallest absolute Gasteiger partial charge is 0.323 e. The van der Waals surface area contributed by atoms with Gasteiger partial charge in [-0.1, -0.05) is 6.42 Å². The highest BCUT2D eigenvalue weighted by atomic mass is 16.5. The quantitative estimate of drug-likeness (QED) is 0.603. The number of methoxy groups -OCH3 is 1. The Balaban J connectivity index is 2.74. The average molecular weight is 199 g/mol. The monoisotopic (exact) mass is 199 g/mol. The molecule has 0 N–H and O–H groups in total. The highest BCUT2D eigenvalue weighted by Crippen LogP contribution is 2.25. The summed E-state index contributed by atoms with van der Waals surface area (Å²) < 4.78 is 4.83. The van der Waals surface area contributed by atoms with Crippen LogP contribution in [-0.2, 0) is 9.53 Å². The van der Waals surface area contributed by atoms with E-state index >= 15 is 0 Å². The summed E-state index contributed by atoms with van der Waals surface area (Å²) in [5, 5.41) is 0. The van der Waals surface area contributed by atoms with Crippen LogP contribution in [0.5, 0.6) is 0 Å². The van der Waals surface area contributed by atoms with Crippen LogP contribution in [-0.4, -0.2) is 36.1 Å². The minimum absolute atomic E-state index is 0.0336. The maximum atomic E-state index is 11.6. The zero-order valence-electron chi connectivity index (χ0n) is 9.67. The van der Waals surface area contributed by atoms with Crippen LogP contribution in [0.4, 0.5) is 0 Å². The summed E-state index contributed by atoms with van der Waals surface area (Å²) in [6.07, 6.45) is 3.25. The number of hydrogen-bond acceptors (Lipinski definition) is 3. The number of piperidine rings is 1. The topological polar surface area (TPSA) is 29.5 Å². The van der Waals surface area contributed by atoms with Gasteiger partial charge >= 0.3 is 5.97 Å². The molecule has 3 nitrogen and oxygen atoms in total. The Labute approximate surface area is 86.4 Å². The van der Waals surface area contributed by atoms with Gasteiger partial charge < -0.3 is 4.74 Å². The molecule has 0 saturated carbocycles. The number of rotatable bonds is 1. The van der Waals surface area contributed by atoms with Gasteiger partial charge in [-0.2, -0.15) is 0 Å². The van der Waals surface area contributed by atoms with Crippen molar-refractivity contribution >= 4 is 5.97 Å². The maximum absolute atomic E-state index is 11.6. The third kappa shape index (κ3) is 2.47. The lowest BCUT2D eigenvalue weighted by atomic mass is 9.95. The van der Waals surface area contributed by atoms with Crippen LogP contribution in [0.25, 0.3) is 0 Å². The van der Waals surface area contributed by atoms with Gasteiger partial charge in [-0.3, -0.25) is 9.69 Å². The van der Waals surface area contributed by atoms with Gasteiger partial charge in [0.2, 0.25) is 0 Å². The van der Waals surface area contributed by atoms with E-state index in [0.29, 0.717) is 0 Å². The Morgan fingerprint density at radius 3 is 2.50 bits per heavy atom. The standard InChI is InChI=1S/C11H21NO2/c1-11(2,3)12-8-6-5-7-9(12)10(13)14-4/h9H,5-8H2,1-4H3. The third-order valence-electron chi connectivity index (χ3n) is 2.84. The predicted molar refractivity (Wildman–Crippen MR) is 56.1 cm³/mol. The molecule has 14 heavy (non-hydrogen) atoms. The van der Waals surface area contributed by atoms with E-state index in [9.17, 15) is 4.79 Å². The van der Waals surface area contributed by atoms with Gasteiger partial charge in [-0.15, -0.1) is 0 Å². The summed E-state index contributed by atoms with van der Waals surface area (Å²) in [4.78, 5) is 13.8. The lowest BCUT2D eigenvalue weighted by Crippen LogP contribution is -2.54. The number of hydrogen-bond donors (Lipinski definition) is 0. The van der Waals surface area contributed by atoms with E-state index in [0.717, 1.165) is 19.4 Å². The number of carbonyl (C=O) groups excluding carboxylic acids is 1. The van der Waals surface area contributed by atoms with Crippen LogP contribution in [0.1, 0.15) is 40.0 Å². The van der Waals surface area contributed by atoms with Crippen LogP contribution in [0.3, 0.4) is 0 Å². The number of carbonyl (C=O) groups is 1. The van der Waals surface area contributed by atoms with E-state index < -0.39 is 0 Å². The maximum Gasteiger partial charge on any atom is 0.323 e. The molecule has 1 heterocycles. The van der Waals surface area contributed by atoms with Crippen LogP contribution >= 0.6 is 0 Å². The molecule has 0 aliphatic carbocycles. The largest absolute Gasteiger partial charge is 0.468 e. The fourth-order valence-electron chi connectivity index (χ4n) is 2.12. The molecule has 3 heteroatoms. The van der Waals surface area contributed by atoms with E-state index in [-0.39, 0.29) is 17.6 Å². The van der Waals surface area contributed by atoms with Crippen molar-refractivity contribution in [3.05, 3.63) is 0 Å². The molecule has 0 amide bonds. The number of likely N-dealkylation sites (tertiary alicyclic amines) is 1. The molecule has 1 fully saturated rings. The van der Waals surface area contributed by atoms with Gasteiger partial charge in [-0.25, -0.2) is 0 Å². The molecule has 0 bridgehead atoms. The van der Waals surface area contributed by atoms with Crippen molar-refractivity contribution in [3.63, 3.8) is 0 Å². The molecule has 0 aromatic carbocycles. The molecular weight excluding hydrogens is 178 g/mol. The average Bonchev–Trinajstić information content (AvgIpc) is 2.15. The minimum atomic E-state index is -0.0837. The summed E-state index contributed by atoms with van der Waals surface area (Å²) in [6, 6.07) is -0.0336. The van der Waals surface area contributed by atoms with Crippen molar-refractivity contribution in [2.45, 2.75) is 51.6 Å². The van der Waals surface area contributed by atoms with Gasteiger partial charge in [-0.05, 0) is 40.2 Å². The molecule has 1 aliphatic rings. The minimum Gasteiger partial charge on any atom is -0.468 e. The fourth-order valence-corrected chi connectivity index (χ4v) is 2.12. The first-order chi connectivity index (χ1) is 6.46. The Morgan fingerprint density at radius 2 is 2.00 bits per heavy atom. The fraction of sp³-hybridized carbons (Fsp3) is 0.909. The molecule has 1 unspecified atom stereocenters. The Hall–Kier alpha value is -0.570. The second kappa shape index (κ2) is 4.30. The Morgan fingerprint density at radius 1 is 1.36 bits per heavy atom. The molecule has 82 valence electrons. The molecular formula is C11H21NO2. The van der Waals surface area contributed by atoms with E-state index in [4.69, 9.17) is 4.74 Å². The lowest BCUT2D eigenvalue weighted by Gasteiger charge is -2.43. The summed E-state index contributed by atoms with van der Waals surface area (Å²) in [7, 11) is 1.47. The molecule has 1 atom stereocenters. The van der Waals surface area contributed by atoms with Crippen molar-refractivity contribution in [1.82, 2.24) is 4.90 Å². The van der Waals surface area contributed by atoms with Crippen LogP contribution in [0, 0.1) is 0 Å². The molecule has 1 aliphatic heterocycles. The summed E-state index contributed by atoms with van der Waals surface area (Å²) in [5.41, 5.74) is 0.0548. The van der Waals surface area contributed by atoms with Crippen molar-refractivity contribution in [1.29, 1.82) is 0 Å². The second-order valence-corrected chi connectivity index (χ2v) is 4.90. The zero-order chi connectivity index (χ0) is 10.8. The number of esters is 1. The third-order valence-corrected chi connectivity index (χ3v) is 2.84. The molecule has 0 aromatic heterocycles. The predicted octanol–water partition coefficient (Wildman–Crippen LogP) is 1.81. The summed E-state index contributed by atoms with van der Waals surface area (Å²) in [6.45, 7) is 7.44. The molecule has 0 spiro atoms. The molecule has 1 saturated heterocycles. The normalized spacial score (nSPS) is 24.7. The van der Waals surface area contributed by atoms with Gasteiger partial charge in [0.15, 0.2) is 0 Å². The molecule has 0 radical (unpaired) electrons. The van der Waals surface area contributed by atoms with E-state index in [2.05, 4.69) is 25.7 Å². The lowest BCUT2D eigenvalue weighted by molar-refractivity contribution is -0.151. The van der Waals surface area contributed by atoms with Crippen LogP contribution in [0.15, 0.2) is 0 Å². The van der Waals surface area contributed by atoms with Gasteiger partial charge in [0, 0.05) is 5.54 Å². The first-order valence-corrected chi connectivity index (χ1v) is 5.31. The van der Waals surface area contributed by atoms with Crippen molar-refractivity contribution in [3.8, 4) is 0 Å². The van der Waals surface area contributed by atoms with Gasteiger partial charge in [0.25, 0.3) is 0 Å². The second-order valence-electron chi connectivity index (χ2n) is 4.90. The van der Waals surface area contributed by atoms with Gasteiger partial charge in [0.1, 0.15) is 6.04 Å². The van der Waals surface area contributed by atoms with Gasteiger partial charge in [0.05, 0.1) is 7.11 Å². The first kappa shape index (κ1) is 11.5. The van der Waals surface area contributed by atoms with Crippen LogP contribution < -0.4 is 0 Å². The highest BCUT2D eigenvalue weighted by Gasteiger charge is 2.35.